The largest absolute Gasteiger partial charge is 0.573 e. The number of hydrogen-bond donors (Lipinski definition) is 0. The van der Waals surface area contributed by atoms with E-state index >= 15 is 0 Å². The predicted molar refractivity (Wildman–Crippen MR) is 60.0 cm³/mol. The Balaban J connectivity index is 1.57. The first-order valence-corrected chi connectivity index (χ1v) is 6.07. The number of hydrogen-bond acceptors (Lipinski definition) is 2. The Hall–Kier alpha value is -1.23. The van der Waals surface area contributed by atoms with Crippen molar-refractivity contribution >= 4 is 0 Å². The van der Waals surface area contributed by atoms with Gasteiger partial charge in [-0.15, -0.1) is 13.2 Å². The molecular formula is C13H14F3NO. The molecule has 0 bridgehead atoms. The fraction of sp³-hybridized carbons (Fsp3) is 0.538. The summed E-state index contributed by atoms with van der Waals surface area (Å²) in [7, 11) is 0. The van der Waals surface area contributed by atoms with Gasteiger partial charge in [0.2, 0.25) is 0 Å². The summed E-state index contributed by atoms with van der Waals surface area (Å²) in [5.74, 6) is 1.59. The van der Waals surface area contributed by atoms with Crippen LogP contribution < -0.4 is 4.74 Å². The van der Waals surface area contributed by atoms with Crippen molar-refractivity contribution in [3.05, 3.63) is 29.8 Å². The Morgan fingerprint density at radius 1 is 1.11 bits per heavy atom. The predicted octanol–water partition coefficient (Wildman–Crippen LogP) is 3.04. The molecule has 18 heavy (non-hydrogen) atoms. The fourth-order valence-corrected chi connectivity index (χ4v) is 2.68. The minimum atomic E-state index is -4.61. The third-order valence-electron chi connectivity index (χ3n) is 3.62. The van der Waals surface area contributed by atoms with Crippen LogP contribution in [0.2, 0.25) is 0 Å². The summed E-state index contributed by atoms with van der Waals surface area (Å²) in [6.45, 7) is 3.08. The standard InChI is InChI=1S/C13H14F3NO/c14-13(15,16)18-12-3-1-9(2-4-12)6-17-7-10-5-11(10)8-17/h1-4,10-11H,5-8H2. The van der Waals surface area contributed by atoms with Gasteiger partial charge in [-0.05, 0) is 36.0 Å². The summed E-state index contributed by atoms with van der Waals surface area (Å²) in [4.78, 5) is 2.36. The molecule has 0 aromatic heterocycles. The van der Waals surface area contributed by atoms with Crippen molar-refractivity contribution in [1.82, 2.24) is 4.90 Å². The third kappa shape index (κ3) is 2.77. The van der Waals surface area contributed by atoms with Gasteiger partial charge < -0.3 is 4.74 Å². The number of halogens is 3. The van der Waals surface area contributed by atoms with E-state index in [1.165, 1.54) is 18.6 Å². The molecule has 2 unspecified atom stereocenters. The summed E-state index contributed by atoms with van der Waals surface area (Å²) in [5.41, 5.74) is 1.03. The van der Waals surface area contributed by atoms with Crippen LogP contribution in [0.3, 0.4) is 0 Å². The Labute approximate surface area is 103 Å². The van der Waals surface area contributed by atoms with Gasteiger partial charge >= 0.3 is 6.36 Å². The maximum Gasteiger partial charge on any atom is 0.573 e. The molecule has 1 saturated heterocycles. The molecule has 1 heterocycles. The van der Waals surface area contributed by atoms with Crippen LogP contribution in [0.4, 0.5) is 13.2 Å². The number of ether oxygens (including phenoxy) is 1. The molecule has 2 atom stereocenters. The van der Waals surface area contributed by atoms with Crippen LogP contribution in [0.25, 0.3) is 0 Å². The number of nitrogens with zero attached hydrogens (tertiary/aromatic N) is 1. The molecule has 1 saturated carbocycles. The van der Waals surface area contributed by atoms with E-state index in [4.69, 9.17) is 0 Å². The monoisotopic (exact) mass is 257 g/mol. The zero-order valence-corrected chi connectivity index (χ0v) is 9.78. The van der Waals surface area contributed by atoms with Crippen LogP contribution in [-0.4, -0.2) is 24.4 Å². The van der Waals surface area contributed by atoms with Gasteiger partial charge in [0.15, 0.2) is 0 Å². The number of alkyl halides is 3. The highest BCUT2D eigenvalue weighted by Gasteiger charge is 2.44. The zero-order chi connectivity index (χ0) is 12.8. The minimum absolute atomic E-state index is 0.157. The lowest BCUT2D eigenvalue weighted by Gasteiger charge is -2.17. The Morgan fingerprint density at radius 3 is 2.28 bits per heavy atom. The first kappa shape index (κ1) is 11.8. The van der Waals surface area contributed by atoms with E-state index in [2.05, 4.69) is 9.64 Å². The molecule has 0 amide bonds. The van der Waals surface area contributed by atoms with Crippen LogP contribution in [0, 0.1) is 11.8 Å². The number of rotatable bonds is 3. The van der Waals surface area contributed by atoms with Gasteiger partial charge in [0.05, 0.1) is 0 Å². The van der Waals surface area contributed by atoms with E-state index < -0.39 is 6.36 Å². The molecule has 3 rings (SSSR count). The van der Waals surface area contributed by atoms with Crippen LogP contribution >= 0.6 is 0 Å². The van der Waals surface area contributed by atoms with Crippen molar-refractivity contribution in [1.29, 1.82) is 0 Å². The van der Waals surface area contributed by atoms with Crippen molar-refractivity contribution < 1.29 is 17.9 Å². The van der Waals surface area contributed by atoms with E-state index in [1.54, 1.807) is 12.1 Å². The van der Waals surface area contributed by atoms with Crippen molar-refractivity contribution in [3.63, 3.8) is 0 Å². The molecule has 2 aliphatic rings. The van der Waals surface area contributed by atoms with E-state index in [9.17, 15) is 13.2 Å². The van der Waals surface area contributed by atoms with E-state index in [0.29, 0.717) is 0 Å². The highest BCUT2D eigenvalue weighted by molar-refractivity contribution is 5.27. The van der Waals surface area contributed by atoms with Gasteiger partial charge in [0, 0.05) is 19.6 Å². The summed E-state index contributed by atoms with van der Waals surface area (Å²) in [5, 5.41) is 0. The van der Waals surface area contributed by atoms with Crippen LogP contribution in [0.15, 0.2) is 24.3 Å². The topological polar surface area (TPSA) is 12.5 Å². The van der Waals surface area contributed by atoms with E-state index in [-0.39, 0.29) is 5.75 Å². The van der Waals surface area contributed by atoms with Gasteiger partial charge in [-0.25, -0.2) is 0 Å². The highest BCUT2D eigenvalue weighted by Crippen LogP contribution is 2.45. The lowest BCUT2D eigenvalue weighted by atomic mass is 10.2. The van der Waals surface area contributed by atoms with Crippen LogP contribution in [0.1, 0.15) is 12.0 Å². The second-order valence-electron chi connectivity index (χ2n) is 5.14. The van der Waals surface area contributed by atoms with E-state index in [1.807, 2.05) is 0 Å². The maximum absolute atomic E-state index is 12.0. The lowest BCUT2D eigenvalue weighted by Crippen LogP contribution is -2.22. The average Bonchev–Trinajstić information content (AvgIpc) is 2.88. The summed E-state index contributed by atoms with van der Waals surface area (Å²) >= 11 is 0. The van der Waals surface area contributed by atoms with Crippen LogP contribution in [-0.2, 0) is 6.54 Å². The average molecular weight is 257 g/mol. The van der Waals surface area contributed by atoms with Gasteiger partial charge in [-0.1, -0.05) is 12.1 Å². The molecule has 0 spiro atoms. The molecule has 5 heteroatoms. The highest BCUT2D eigenvalue weighted by atomic mass is 19.4. The van der Waals surface area contributed by atoms with Gasteiger partial charge in [-0.2, -0.15) is 0 Å². The summed E-state index contributed by atoms with van der Waals surface area (Å²) in [6.07, 6.45) is -3.26. The third-order valence-corrected chi connectivity index (χ3v) is 3.62. The number of benzene rings is 1. The van der Waals surface area contributed by atoms with Gasteiger partial charge in [0.25, 0.3) is 0 Å². The lowest BCUT2D eigenvalue weighted by molar-refractivity contribution is -0.274. The SMILES string of the molecule is FC(F)(F)Oc1ccc(CN2CC3CC3C2)cc1. The van der Waals surface area contributed by atoms with Crippen molar-refractivity contribution in [3.8, 4) is 5.75 Å². The molecule has 1 aliphatic carbocycles. The smallest absolute Gasteiger partial charge is 0.406 e. The fourth-order valence-electron chi connectivity index (χ4n) is 2.68. The molecule has 98 valence electrons. The number of fused-ring (bicyclic) bond motifs is 1. The molecule has 0 radical (unpaired) electrons. The summed E-state index contributed by atoms with van der Waals surface area (Å²) < 4.78 is 39.8. The molecule has 0 N–H and O–H groups in total. The van der Waals surface area contributed by atoms with Crippen molar-refractivity contribution in [2.24, 2.45) is 11.8 Å². The normalized spacial score (nSPS) is 27.1. The number of likely N-dealkylation sites (tertiary alicyclic amines) is 1. The second kappa shape index (κ2) is 4.16. The quantitative estimate of drug-likeness (QED) is 0.825. The Kier molecular flexibility index (Phi) is 2.73. The van der Waals surface area contributed by atoms with Gasteiger partial charge in [-0.3, -0.25) is 4.90 Å². The number of piperidine rings is 1. The Morgan fingerprint density at radius 2 is 1.72 bits per heavy atom. The maximum atomic E-state index is 12.0. The molecular weight excluding hydrogens is 243 g/mol. The van der Waals surface area contributed by atoms with E-state index in [0.717, 1.165) is 37.0 Å². The Bertz CT molecular complexity index is 419. The van der Waals surface area contributed by atoms with Crippen LogP contribution in [0.5, 0.6) is 5.75 Å². The summed E-state index contributed by atoms with van der Waals surface area (Å²) in [6, 6.07) is 6.15. The molecule has 1 aromatic carbocycles. The molecule has 2 nitrogen and oxygen atoms in total. The first-order valence-electron chi connectivity index (χ1n) is 6.07. The van der Waals surface area contributed by atoms with Gasteiger partial charge in [0.1, 0.15) is 5.75 Å². The van der Waals surface area contributed by atoms with Crippen molar-refractivity contribution in [2.45, 2.75) is 19.3 Å². The zero-order valence-electron chi connectivity index (χ0n) is 9.78. The second-order valence-corrected chi connectivity index (χ2v) is 5.14. The molecule has 1 aliphatic heterocycles. The molecule has 1 aromatic rings. The van der Waals surface area contributed by atoms with Crippen molar-refractivity contribution in [2.75, 3.05) is 13.1 Å². The first-order chi connectivity index (χ1) is 8.49. The minimum Gasteiger partial charge on any atom is -0.406 e. The molecule has 2 fully saturated rings.